The summed E-state index contributed by atoms with van der Waals surface area (Å²) in [6.45, 7) is 23.0. The molecular weight excluding hydrogens is 1130 g/mol. The molecule has 92 heavy (non-hydrogen) atoms. The van der Waals surface area contributed by atoms with E-state index in [-0.39, 0.29) is 16.9 Å². The molecule has 5 aliphatic carbocycles. The largest absolute Gasteiger partial charge is 0.514 e. The van der Waals surface area contributed by atoms with Crippen LogP contribution in [0.2, 0.25) is 0 Å². The number of ether oxygens (including phenoxy) is 4. The van der Waals surface area contributed by atoms with E-state index in [4.69, 9.17) is 18.9 Å². The SMILES string of the molecule is COc1cc2c3c(c4c(c2cc1N1CCC(c2ccc(OC(=O)OC5CCC6(C)C(=CCC7C6CCC6(C)C(C(C)CCCC(C)C)CCC76)C5)cc2)CC1)-c1ccccc1C4(C)C)C=CC(c1ccccc1)(c1ccc(N2CCN(c4ccccc4)CC2)cc1)O3. The number of allylic oxidation sites excluding steroid dienone is 1. The summed E-state index contributed by atoms with van der Waals surface area (Å²) >= 11 is 0. The Morgan fingerprint density at radius 2 is 1.35 bits per heavy atom. The van der Waals surface area contributed by atoms with Gasteiger partial charge in [0.1, 0.15) is 23.4 Å². The molecule has 15 rings (SSSR count). The van der Waals surface area contributed by atoms with Crippen molar-refractivity contribution in [1.29, 1.82) is 0 Å². The average molecular weight is 1230 g/mol. The molecule has 3 saturated carbocycles. The van der Waals surface area contributed by atoms with E-state index in [9.17, 15) is 4.79 Å². The summed E-state index contributed by atoms with van der Waals surface area (Å²) in [7, 11) is 1.81. The molecule has 2 saturated heterocycles. The Kier molecular flexibility index (Phi) is 16.0. The number of carbonyl (C=O) groups is 1. The number of hydrogen-bond acceptors (Lipinski definition) is 8. The van der Waals surface area contributed by atoms with Crippen molar-refractivity contribution in [2.24, 2.45) is 46.3 Å². The van der Waals surface area contributed by atoms with Crippen LogP contribution in [0, 0.1) is 46.3 Å². The van der Waals surface area contributed by atoms with Crippen molar-refractivity contribution in [3.63, 3.8) is 0 Å². The Balaban J connectivity index is 0.632. The fourth-order valence-electron chi connectivity index (χ4n) is 20.1. The lowest BCUT2D eigenvalue weighted by atomic mass is 9.47. The first-order valence-electron chi connectivity index (χ1n) is 35.5. The molecule has 0 aromatic heterocycles. The highest BCUT2D eigenvalue weighted by molar-refractivity contribution is 6.10. The lowest BCUT2D eigenvalue weighted by Gasteiger charge is -2.58. The number of benzene rings is 7. The zero-order chi connectivity index (χ0) is 63.1. The summed E-state index contributed by atoms with van der Waals surface area (Å²) in [6.07, 6.45) is 22.2. The van der Waals surface area contributed by atoms with Crippen LogP contribution in [0.3, 0.4) is 0 Å². The molecule has 0 radical (unpaired) electrons. The topological polar surface area (TPSA) is 63.7 Å². The second-order valence-electron chi connectivity index (χ2n) is 30.6. The Morgan fingerprint density at radius 1 is 0.663 bits per heavy atom. The fourth-order valence-corrected chi connectivity index (χ4v) is 20.1. The van der Waals surface area contributed by atoms with Gasteiger partial charge >= 0.3 is 6.16 Å². The van der Waals surface area contributed by atoms with Gasteiger partial charge in [-0.15, -0.1) is 0 Å². The monoisotopic (exact) mass is 1230 g/mol. The van der Waals surface area contributed by atoms with Crippen molar-refractivity contribution in [2.45, 2.75) is 155 Å². The second kappa shape index (κ2) is 24.1. The van der Waals surface area contributed by atoms with E-state index in [2.05, 4.69) is 215 Å². The number of piperidine rings is 1. The number of anilines is 3. The van der Waals surface area contributed by atoms with Crippen LogP contribution >= 0.6 is 0 Å². The number of fused-ring (bicyclic) bond motifs is 13. The van der Waals surface area contributed by atoms with E-state index in [1.54, 1.807) is 0 Å². The summed E-state index contributed by atoms with van der Waals surface area (Å²) in [5.41, 5.74) is 14.4. The zero-order valence-corrected chi connectivity index (χ0v) is 56.0. The maximum atomic E-state index is 13.6. The van der Waals surface area contributed by atoms with Crippen LogP contribution in [-0.2, 0) is 15.8 Å². The summed E-state index contributed by atoms with van der Waals surface area (Å²) in [4.78, 5) is 21.1. The maximum Gasteiger partial charge on any atom is 0.514 e. The second-order valence-corrected chi connectivity index (χ2v) is 30.6. The van der Waals surface area contributed by atoms with Crippen LogP contribution in [0.5, 0.6) is 17.2 Å². The summed E-state index contributed by atoms with van der Waals surface area (Å²) in [6, 6.07) is 52.6. The molecule has 9 atom stereocenters. The van der Waals surface area contributed by atoms with E-state index in [0.29, 0.717) is 17.1 Å². The van der Waals surface area contributed by atoms with Crippen molar-refractivity contribution < 1.29 is 23.7 Å². The van der Waals surface area contributed by atoms with Gasteiger partial charge in [-0.1, -0.05) is 183 Å². The van der Waals surface area contributed by atoms with E-state index >= 15 is 0 Å². The molecule has 0 N–H and O–H groups in total. The van der Waals surface area contributed by atoms with Gasteiger partial charge in [0.2, 0.25) is 0 Å². The van der Waals surface area contributed by atoms with Crippen LogP contribution in [0.15, 0.2) is 163 Å². The minimum absolute atomic E-state index is 0.147. The zero-order valence-electron chi connectivity index (χ0n) is 56.0. The van der Waals surface area contributed by atoms with E-state index in [0.717, 1.165) is 146 Å². The smallest absolute Gasteiger partial charge is 0.495 e. The lowest BCUT2D eigenvalue weighted by molar-refractivity contribution is -0.0597. The molecule has 0 spiro atoms. The highest BCUT2D eigenvalue weighted by atomic mass is 16.7. The van der Waals surface area contributed by atoms with Gasteiger partial charge in [0.05, 0.1) is 12.8 Å². The van der Waals surface area contributed by atoms with Crippen LogP contribution in [-0.4, -0.2) is 58.6 Å². The van der Waals surface area contributed by atoms with Crippen LogP contribution in [0.4, 0.5) is 21.9 Å². The lowest BCUT2D eigenvalue weighted by Crippen LogP contribution is -2.51. The molecular formula is C84H97N3O5. The number of hydrogen-bond donors (Lipinski definition) is 0. The van der Waals surface area contributed by atoms with Crippen LogP contribution < -0.4 is 28.9 Å². The van der Waals surface area contributed by atoms with Gasteiger partial charge in [-0.3, -0.25) is 0 Å². The molecule has 8 heteroatoms. The van der Waals surface area contributed by atoms with Crippen molar-refractivity contribution >= 4 is 40.1 Å². The Morgan fingerprint density at radius 3 is 2.07 bits per heavy atom. The van der Waals surface area contributed by atoms with Crippen molar-refractivity contribution in [3.05, 3.63) is 197 Å². The Hall–Kier alpha value is -7.45. The first-order chi connectivity index (χ1) is 44.6. The van der Waals surface area contributed by atoms with Crippen molar-refractivity contribution in [3.8, 4) is 28.4 Å². The molecule has 7 aromatic rings. The molecule has 3 heterocycles. The quantitative estimate of drug-likeness (QED) is 0.0606. The molecule has 0 bridgehead atoms. The van der Waals surface area contributed by atoms with Crippen LogP contribution in [0.1, 0.15) is 171 Å². The Bertz CT molecular complexity index is 3910. The van der Waals surface area contributed by atoms with Gasteiger partial charge in [0.25, 0.3) is 0 Å². The van der Waals surface area contributed by atoms with Gasteiger partial charge < -0.3 is 33.6 Å². The van der Waals surface area contributed by atoms with Gasteiger partial charge in [0.15, 0.2) is 5.60 Å². The molecule has 8 aliphatic rings. The first-order valence-corrected chi connectivity index (χ1v) is 35.5. The van der Waals surface area contributed by atoms with Gasteiger partial charge in [0, 0.05) is 84.6 Å². The molecule has 9 unspecified atom stereocenters. The van der Waals surface area contributed by atoms with Gasteiger partial charge in [-0.2, -0.15) is 0 Å². The molecule has 3 aliphatic heterocycles. The van der Waals surface area contributed by atoms with E-state index < -0.39 is 11.8 Å². The summed E-state index contributed by atoms with van der Waals surface area (Å²) < 4.78 is 26.4. The predicted molar refractivity (Wildman–Crippen MR) is 377 cm³/mol. The molecule has 8 nitrogen and oxygen atoms in total. The minimum Gasteiger partial charge on any atom is -0.495 e. The van der Waals surface area contributed by atoms with Crippen molar-refractivity contribution in [2.75, 3.05) is 61.1 Å². The highest BCUT2D eigenvalue weighted by Gasteiger charge is 2.59. The van der Waals surface area contributed by atoms with Gasteiger partial charge in [-0.25, -0.2) is 4.79 Å². The minimum atomic E-state index is -0.893. The summed E-state index contributed by atoms with van der Waals surface area (Å²) in [5.74, 6) is 7.48. The third kappa shape index (κ3) is 10.5. The number of piperazine rings is 1. The van der Waals surface area contributed by atoms with Crippen molar-refractivity contribution in [1.82, 2.24) is 0 Å². The number of para-hydroxylation sites is 1. The first kappa shape index (κ1) is 60.8. The maximum absolute atomic E-state index is 13.6. The number of methoxy groups -OCH3 is 1. The number of rotatable bonds is 14. The Labute approximate surface area is 548 Å². The number of carbonyl (C=O) groups excluding carboxylic acids is 1. The van der Waals surface area contributed by atoms with Gasteiger partial charge in [-0.05, 0) is 198 Å². The predicted octanol–water partition coefficient (Wildman–Crippen LogP) is 20.1. The van der Waals surface area contributed by atoms with E-state index in [1.165, 1.54) is 102 Å². The average Bonchev–Trinajstić information content (AvgIpc) is 1.46. The van der Waals surface area contributed by atoms with Crippen LogP contribution in [0.25, 0.3) is 28.0 Å². The molecule has 7 aromatic carbocycles. The molecule has 5 fully saturated rings. The third-order valence-corrected chi connectivity index (χ3v) is 25.0. The van der Waals surface area contributed by atoms with E-state index in [1.807, 2.05) is 19.2 Å². The molecule has 0 amide bonds. The normalized spacial score (nSPS) is 27.4. The standard InChI is InChI=1S/C84H97N3O5/c1-55(2)18-17-19-56(3)71-36-37-73-66-35-30-61-52-65(38-43-82(61,6)74(66)40-44-83(71,73)7)91-80(88)90-64-33-26-57(27-34-64)58-41-46-87(47-42-58)75-53-69-70(54-76(75)89-8)79-68(78-77(69)67-24-15-16-25-72(67)81(78,4)5)39-45-84(92-79,59-20-11-9-12-21-59)60-28-31-63(32-29-60)86-50-48-85(49-51-86)62-22-13-10-14-23-62/h9-16,20-34,39,45,53-56,58,65-66,71,73-74H,17-19,35-38,40-44,46-52H2,1-8H3. The molecule has 478 valence electrons. The number of nitrogens with zero attached hydrogens (tertiary/aromatic N) is 3. The third-order valence-electron chi connectivity index (χ3n) is 25.0. The highest BCUT2D eigenvalue weighted by Crippen LogP contribution is 2.68. The summed E-state index contributed by atoms with van der Waals surface area (Å²) in [5, 5.41) is 2.23. The fraction of sp³-hybridized carbons (Fsp3) is 0.464.